The first-order valence-electron chi connectivity index (χ1n) is 6.30. The molecule has 0 saturated carbocycles. The molecule has 5 nitrogen and oxygen atoms in total. The minimum atomic E-state index is -0.0928. The Bertz CT molecular complexity index is 636. The lowest BCUT2D eigenvalue weighted by molar-refractivity contribution is -0.116. The highest BCUT2D eigenvalue weighted by molar-refractivity contribution is 6.31. The van der Waals surface area contributed by atoms with Crippen LogP contribution >= 0.6 is 11.6 Å². The van der Waals surface area contributed by atoms with E-state index in [1.54, 1.807) is 24.5 Å². The summed E-state index contributed by atoms with van der Waals surface area (Å²) in [6.45, 7) is 4.52. The summed E-state index contributed by atoms with van der Waals surface area (Å²) in [5, 5.41) is 3.32. The van der Waals surface area contributed by atoms with Crippen LogP contribution < -0.4 is 11.1 Å². The number of rotatable bonds is 4. The highest BCUT2D eigenvalue weighted by atomic mass is 35.5. The van der Waals surface area contributed by atoms with Crippen LogP contribution in [0.4, 0.5) is 11.4 Å². The zero-order valence-electron chi connectivity index (χ0n) is 11.5. The fourth-order valence-corrected chi connectivity index (χ4v) is 2.03. The van der Waals surface area contributed by atoms with E-state index in [4.69, 9.17) is 17.3 Å². The first-order valence-corrected chi connectivity index (χ1v) is 6.68. The van der Waals surface area contributed by atoms with Gasteiger partial charge in [0.15, 0.2) is 0 Å². The van der Waals surface area contributed by atoms with Crippen LogP contribution in [0, 0.1) is 13.8 Å². The van der Waals surface area contributed by atoms with Crippen molar-refractivity contribution in [2.45, 2.75) is 26.8 Å². The van der Waals surface area contributed by atoms with Gasteiger partial charge in [0.2, 0.25) is 5.91 Å². The topological polar surface area (TPSA) is 72.9 Å². The van der Waals surface area contributed by atoms with Crippen molar-refractivity contribution in [3.63, 3.8) is 0 Å². The number of benzene rings is 1. The second-order valence-electron chi connectivity index (χ2n) is 4.64. The fraction of sp³-hybridized carbons (Fsp3) is 0.286. The molecule has 0 aliphatic carbocycles. The van der Waals surface area contributed by atoms with Crippen molar-refractivity contribution < 1.29 is 4.79 Å². The van der Waals surface area contributed by atoms with Crippen molar-refractivity contribution in [1.29, 1.82) is 0 Å². The Morgan fingerprint density at radius 1 is 1.45 bits per heavy atom. The number of aryl methyl sites for hydroxylation is 2. The van der Waals surface area contributed by atoms with Crippen LogP contribution in [0.25, 0.3) is 0 Å². The number of carbonyl (C=O) groups is 1. The molecule has 0 unspecified atom stereocenters. The summed E-state index contributed by atoms with van der Waals surface area (Å²) in [5.74, 6) is -0.0928. The predicted molar refractivity (Wildman–Crippen MR) is 80.8 cm³/mol. The molecule has 1 amide bonds. The van der Waals surface area contributed by atoms with E-state index < -0.39 is 0 Å². The van der Waals surface area contributed by atoms with Crippen molar-refractivity contribution in [3.05, 3.63) is 40.9 Å². The number of hydrogen-bond donors (Lipinski definition) is 2. The Morgan fingerprint density at radius 2 is 2.20 bits per heavy atom. The molecule has 106 valence electrons. The maximum absolute atomic E-state index is 11.9. The predicted octanol–water partition coefficient (Wildman–Crippen LogP) is 2.76. The fourth-order valence-electron chi connectivity index (χ4n) is 1.85. The zero-order chi connectivity index (χ0) is 14.7. The lowest BCUT2D eigenvalue weighted by Crippen LogP contribution is -2.15. The van der Waals surface area contributed by atoms with Gasteiger partial charge in [-0.15, -0.1) is 0 Å². The van der Waals surface area contributed by atoms with Crippen molar-refractivity contribution in [2.24, 2.45) is 0 Å². The zero-order valence-corrected chi connectivity index (χ0v) is 12.2. The van der Waals surface area contributed by atoms with Crippen LogP contribution in [0.1, 0.15) is 17.8 Å². The van der Waals surface area contributed by atoms with Gasteiger partial charge in [-0.1, -0.05) is 11.6 Å². The largest absolute Gasteiger partial charge is 0.397 e. The Labute approximate surface area is 122 Å². The second-order valence-corrected chi connectivity index (χ2v) is 5.07. The van der Waals surface area contributed by atoms with Gasteiger partial charge in [0, 0.05) is 23.7 Å². The molecule has 3 N–H and O–H groups in total. The van der Waals surface area contributed by atoms with Crippen molar-refractivity contribution >= 4 is 28.9 Å². The van der Waals surface area contributed by atoms with Crippen LogP contribution in [0.3, 0.4) is 0 Å². The van der Waals surface area contributed by atoms with E-state index in [0.717, 1.165) is 11.4 Å². The number of nitrogens with zero attached hydrogens (tertiary/aromatic N) is 2. The van der Waals surface area contributed by atoms with Crippen LogP contribution in [-0.4, -0.2) is 15.5 Å². The highest BCUT2D eigenvalue weighted by Crippen LogP contribution is 2.22. The van der Waals surface area contributed by atoms with Crippen molar-refractivity contribution in [2.75, 3.05) is 11.1 Å². The first kappa shape index (κ1) is 14.4. The molecule has 0 fully saturated rings. The summed E-state index contributed by atoms with van der Waals surface area (Å²) in [7, 11) is 0. The Morgan fingerprint density at radius 3 is 2.80 bits per heavy atom. The Kier molecular flexibility index (Phi) is 4.29. The van der Waals surface area contributed by atoms with E-state index in [9.17, 15) is 4.79 Å². The average Bonchev–Trinajstić information content (AvgIpc) is 2.71. The SMILES string of the molecule is Cc1ncn(CCC(=O)Nc2ccc(Cl)cc2N)c1C. The number of amides is 1. The van der Waals surface area contributed by atoms with Gasteiger partial charge in [-0.2, -0.15) is 0 Å². The lowest BCUT2D eigenvalue weighted by Gasteiger charge is -2.09. The van der Waals surface area contributed by atoms with Gasteiger partial charge in [-0.25, -0.2) is 4.98 Å². The maximum atomic E-state index is 11.9. The molecule has 0 spiro atoms. The van der Waals surface area contributed by atoms with Crippen molar-refractivity contribution in [1.82, 2.24) is 9.55 Å². The van der Waals surface area contributed by atoms with E-state index in [1.807, 2.05) is 18.4 Å². The smallest absolute Gasteiger partial charge is 0.226 e. The van der Waals surface area contributed by atoms with Crippen LogP contribution in [0.15, 0.2) is 24.5 Å². The summed E-state index contributed by atoms with van der Waals surface area (Å²) in [4.78, 5) is 16.1. The second kappa shape index (κ2) is 5.96. The Hall–Kier alpha value is -2.01. The molecule has 0 bridgehead atoms. The van der Waals surface area contributed by atoms with E-state index in [2.05, 4.69) is 10.3 Å². The monoisotopic (exact) mass is 292 g/mol. The lowest BCUT2D eigenvalue weighted by atomic mass is 10.2. The molecule has 0 aliphatic heterocycles. The van der Waals surface area contributed by atoms with Gasteiger partial charge in [0.25, 0.3) is 0 Å². The molecular weight excluding hydrogens is 276 g/mol. The molecular formula is C14H17ClN4O. The van der Waals surface area contributed by atoms with Gasteiger partial charge in [0.05, 0.1) is 23.4 Å². The van der Waals surface area contributed by atoms with Gasteiger partial charge < -0.3 is 15.6 Å². The van der Waals surface area contributed by atoms with Gasteiger partial charge in [-0.3, -0.25) is 4.79 Å². The Balaban J connectivity index is 1.94. The average molecular weight is 293 g/mol. The number of halogens is 1. The van der Waals surface area contributed by atoms with E-state index in [0.29, 0.717) is 29.4 Å². The minimum absolute atomic E-state index is 0.0928. The van der Waals surface area contributed by atoms with Crippen LogP contribution in [-0.2, 0) is 11.3 Å². The molecule has 0 aliphatic rings. The third-order valence-electron chi connectivity index (χ3n) is 3.21. The summed E-state index contributed by atoms with van der Waals surface area (Å²) < 4.78 is 1.96. The summed E-state index contributed by atoms with van der Waals surface area (Å²) in [5.41, 5.74) is 8.88. The number of anilines is 2. The number of carbonyl (C=O) groups excluding carboxylic acids is 1. The third-order valence-corrected chi connectivity index (χ3v) is 3.45. The number of hydrogen-bond acceptors (Lipinski definition) is 3. The first-order chi connectivity index (χ1) is 9.47. The molecule has 0 saturated heterocycles. The molecule has 1 heterocycles. The maximum Gasteiger partial charge on any atom is 0.226 e. The molecule has 1 aromatic carbocycles. The molecule has 2 rings (SSSR count). The van der Waals surface area contributed by atoms with Crippen molar-refractivity contribution in [3.8, 4) is 0 Å². The van der Waals surface area contributed by atoms with Gasteiger partial charge >= 0.3 is 0 Å². The highest BCUT2D eigenvalue weighted by Gasteiger charge is 2.08. The van der Waals surface area contributed by atoms with E-state index in [1.165, 1.54) is 0 Å². The molecule has 0 radical (unpaired) electrons. The molecule has 0 atom stereocenters. The minimum Gasteiger partial charge on any atom is -0.397 e. The van der Waals surface area contributed by atoms with E-state index >= 15 is 0 Å². The summed E-state index contributed by atoms with van der Waals surface area (Å²) in [6, 6.07) is 5.00. The normalized spacial score (nSPS) is 10.6. The summed E-state index contributed by atoms with van der Waals surface area (Å²) in [6.07, 6.45) is 2.10. The van der Waals surface area contributed by atoms with Gasteiger partial charge in [0.1, 0.15) is 0 Å². The molecule has 2 aromatic rings. The number of nitrogen functional groups attached to an aromatic ring is 1. The summed E-state index contributed by atoms with van der Waals surface area (Å²) >= 11 is 5.81. The third kappa shape index (κ3) is 3.30. The standard InChI is InChI=1S/C14H17ClN4O/c1-9-10(2)19(8-17-9)6-5-14(20)18-13-4-3-11(15)7-12(13)16/h3-4,7-8H,5-6,16H2,1-2H3,(H,18,20). The number of aromatic nitrogens is 2. The number of nitrogens with two attached hydrogens (primary N) is 1. The van der Waals surface area contributed by atoms with Crippen LogP contribution in [0.2, 0.25) is 5.02 Å². The number of imidazole rings is 1. The van der Waals surface area contributed by atoms with Gasteiger partial charge in [-0.05, 0) is 32.0 Å². The quantitative estimate of drug-likeness (QED) is 0.851. The molecule has 6 heteroatoms. The van der Waals surface area contributed by atoms with Crippen LogP contribution in [0.5, 0.6) is 0 Å². The molecule has 20 heavy (non-hydrogen) atoms. The van der Waals surface area contributed by atoms with E-state index in [-0.39, 0.29) is 5.91 Å². The number of nitrogens with one attached hydrogen (secondary N) is 1. The molecule has 1 aromatic heterocycles.